The molecule has 5 nitrogen and oxygen atoms in total. The van der Waals surface area contributed by atoms with Crippen LogP contribution in [0.25, 0.3) is 0 Å². The number of hydrogen-bond acceptors (Lipinski definition) is 4. The number of aryl methyl sites for hydroxylation is 1. The van der Waals surface area contributed by atoms with Crippen LogP contribution in [0.1, 0.15) is 23.6 Å². The Morgan fingerprint density at radius 2 is 1.81 bits per heavy atom. The number of hydrogen-bond donors (Lipinski definition) is 1. The van der Waals surface area contributed by atoms with Gasteiger partial charge >= 0.3 is 5.97 Å². The van der Waals surface area contributed by atoms with Crippen molar-refractivity contribution in [3.8, 4) is 0 Å². The number of esters is 1. The van der Waals surface area contributed by atoms with Crippen LogP contribution in [-0.2, 0) is 27.4 Å². The molecular weight excluding hydrogens is 347 g/mol. The van der Waals surface area contributed by atoms with Crippen LogP contribution in [0.5, 0.6) is 0 Å². The van der Waals surface area contributed by atoms with Crippen LogP contribution in [0.15, 0.2) is 48.5 Å². The van der Waals surface area contributed by atoms with Gasteiger partial charge in [-0.05, 0) is 36.6 Å². The number of nitrogens with one attached hydrogen (secondary N) is 1. The van der Waals surface area contributed by atoms with Gasteiger partial charge in [-0.3, -0.25) is 14.5 Å². The third kappa shape index (κ3) is 7.19. The average molecular weight is 372 g/mol. The summed E-state index contributed by atoms with van der Waals surface area (Å²) < 4.78 is 18.6. The first kappa shape index (κ1) is 20.6. The van der Waals surface area contributed by atoms with Crippen molar-refractivity contribution in [2.24, 2.45) is 0 Å². The summed E-state index contributed by atoms with van der Waals surface area (Å²) in [6.45, 7) is 4.47. The number of benzene rings is 2. The van der Waals surface area contributed by atoms with Crippen molar-refractivity contribution in [1.29, 1.82) is 0 Å². The molecule has 0 bridgehead atoms. The van der Waals surface area contributed by atoms with Gasteiger partial charge < -0.3 is 10.1 Å². The molecule has 2 rings (SSSR count). The molecule has 1 amide bonds. The predicted octanol–water partition coefficient (Wildman–Crippen LogP) is 2.82. The van der Waals surface area contributed by atoms with E-state index in [1.807, 2.05) is 30.3 Å². The van der Waals surface area contributed by atoms with E-state index in [1.54, 1.807) is 30.9 Å². The minimum absolute atomic E-state index is 0.0231. The lowest BCUT2D eigenvalue weighted by atomic mass is 10.1. The monoisotopic (exact) mass is 372 g/mol. The Labute approximate surface area is 159 Å². The van der Waals surface area contributed by atoms with Gasteiger partial charge in [0.05, 0.1) is 19.7 Å². The molecular formula is C21H25FN2O3. The van der Waals surface area contributed by atoms with Crippen LogP contribution in [0.4, 0.5) is 4.39 Å². The normalized spacial score (nSPS) is 10.7. The second kappa shape index (κ2) is 10.4. The largest absolute Gasteiger partial charge is 0.465 e. The summed E-state index contributed by atoms with van der Waals surface area (Å²) in [5, 5.41) is 2.77. The molecule has 0 aliphatic rings. The number of nitrogens with zero attached hydrogens (tertiary/aromatic N) is 1. The Morgan fingerprint density at radius 1 is 1.07 bits per heavy atom. The van der Waals surface area contributed by atoms with Gasteiger partial charge in [0, 0.05) is 13.1 Å². The molecule has 0 aliphatic carbocycles. The summed E-state index contributed by atoms with van der Waals surface area (Å²) in [4.78, 5) is 25.9. The van der Waals surface area contributed by atoms with Crippen molar-refractivity contribution in [3.05, 3.63) is 71.0 Å². The molecule has 2 aromatic rings. The number of ether oxygens (including phenoxy) is 1. The first-order valence-electron chi connectivity index (χ1n) is 8.91. The number of halogens is 1. The molecule has 0 unspecified atom stereocenters. The van der Waals surface area contributed by atoms with Gasteiger partial charge in [0.25, 0.3) is 0 Å². The van der Waals surface area contributed by atoms with E-state index >= 15 is 0 Å². The van der Waals surface area contributed by atoms with Crippen molar-refractivity contribution in [2.75, 3.05) is 19.7 Å². The van der Waals surface area contributed by atoms with Crippen LogP contribution in [0.3, 0.4) is 0 Å². The Balaban J connectivity index is 1.94. The molecule has 27 heavy (non-hydrogen) atoms. The van der Waals surface area contributed by atoms with Crippen LogP contribution in [0.2, 0.25) is 0 Å². The highest BCUT2D eigenvalue weighted by molar-refractivity contribution is 5.79. The minimum Gasteiger partial charge on any atom is -0.465 e. The van der Waals surface area contributed by atoms with Crippen LogP contribution < -0.4 is 5.32 Å². The molecule has 0 fully saturated rings. The van der Waals surface area contributed by atoms with Gasteiger partial charge in [0.15, 0.2) is 0 Å². The molecule has 0 saturated heterocycles. The van der Waals surface area contributed by atoms with Crippen LogP contribution in [-0.4, -0.2) is 36.5 Å². The molecule has 1 N–H and O–H groups in total. The minimum atomic E-state index is -0.373. The fourth-order valence-electron chi connectivity index (χ4n) is 2.60. The van der Waals surface area contributed by atoms with Crippen molar-refractivity contribution in [2.45, 2.75) is 26.9 Å². The third-order valence-electron chi connectivity index (χ3n) is 4.00. The summed E-state index contributed by atoms with van der Waals surface area (Å²) in [6, 6.07) is 14.5. The van der Waals surface area contributed by atoms with Gasteiger partial charge in [-0.1, -0.05) is 42.5 Å². The molecule has 144 valence electrons. The maximum atomic E-state index is 13.6. The molecule has 0 radical (unpaired) electrons. The van der Waals surface area contributed by atoms with Gasteiger partial charge in [-0.15, -0.1) is 0 Å². The van der Waals surface area contributed by atoms with E-state index in [-0.39, 0.29) is 37.3 Å². The van der Waals surface area contributed by atoms with Crippen LogP contribution >= 0.6 is 0 Å². The quantitative estimate of drug-likeness (QED) is 0.688. The highest BCUT2D eigenvalue weighted by Gasteiger charge is 2.16. The number of carbonyl (C=O) groups excluding carboxylic acids is 2. The van der Waals surface area contributed by atoms with E-state index in [0.29, 0.717) is 24.3 Å². The Morgan fingerprint density at radius 3 is 2.48 bits per heavy atom. The van der Waals surface area contributed by atoms with E-state index in [4.69, 9.17) is 4.74 Å². The van der Waals surface area contributed by atoms with E-state index < -0.39 is 0 Å². The zero-order valence-corrected chi connectivity index (χ0v) is 15.7. The zero-order valence-electron chi connectivity index (χ0n) is 15.7. The van der Waals surface area contributed by atoms with E-state index in [1.165, 1.54) is 6.07 Å². The maximum Gasteiger partial charge on any atom is 0.320 e. The van der Waals surface area contributed by atoms with Crippen molar-refractivity contribution >= 4 is 11.9 Å². The first-order valence-corrected chi connectivity index (χ1v) is 8.91. The zero-order chi connectivity index (χ0) is 19.6. The van der Waals surface area contributed by atoms with Crippen molar-refractivity contribution < 1.29 is 18.7 Å². The molecule has 0 heterocycles. The topological polar surface area (TPSA) is 58.6 Å². The van der Waals surface area contributed by atoms with E-state index in [2.05, 4.69) is 5.32 Å². The highest BCUT2D eigenvalue weighted by atomic mass is 19.1. The number of carbonyl (C=O) groups is 2. The third-order valence-corrected chi connectivity index (χ3v) is 4.00. The predicted molar refractivity (Wildman–Crippen MR) is 101 cm³/mol. The maximum absolute atomic E-state index is 13.6. The van der Waals surface area contributed by atoms with Crippen molar-refractivity contribution in [1.82, 2.24) is 10.2 Å². The number of rotatable bonds is 9. The Bertz CT molecular complexity index is 765. The molecule has 0 aromatic heterocycles. The smallest absolute Gasteiger partial charge is 0.320 e. The summed E-state index contributed by atoms with van der Waals surface area (Å²) in [6.07, 6.45) is 0. The summed E-state index contributed by atoms with van der Waals surface area (Å²) in [5.41, 5.74) is 2.25. The Kier molecular flexibility index (Phi) is 7.95. The molecule has 2 aromatic carbocycles. The standard InChI is InChI=1S/C21H25FN2O3/c1-3-27-21(26)15-24(13-17-7-5-4-6-8-17)14-20(25)23-12-18-10-9-16(2)19(22)11-18/h4-11H,3,12-15H2,1-2H3,(H,23,25). The SMILES string of the molecule is CCOC(=O)CN(CC(=O)NCc1ccc(C)c(F)c1)Cc1ccccc1. The average Bonchev–Trinajstić information content (AvgIpc) is 2.63. The van der Waals surface area contributed by atoms with Gasteiger partial charge in [0.1, 0.15) is 5.82 Å². The van der Waals surface area contributed by atoms with Crippen LogP contribution in [0, 0.1) is 12.7 Å². The second-order valence-corrected chi connectivity index (χ2v) is 6.30. The lowest BCUT2D eigenvalue weighted by Gasteiger charge is -2.21. The van der Waals surface area contributed by atoms with Crippen molar-refractivity contribution in [3.63, 3.8) is 0 Å². The van der Waals surface area contributed by atoms with E-state index in [9.17, 15) is 14.0 Å². The summed E-state index contributed by atoms with van der Waals surface area (Å²) >= 11 is 0. The van der Waals surface area contributed by atoms with Gasteiger partial charge in [-0.25, -0.2) is 4.39 Å². The molecule has 6 heteroatoms. The van der Waals surface area contributed by atoms with Gasteiger partial charge in [0.2, 0.25) is 5.91 Å². The lowest BCUT2D eigenvalue weighted by molar-refractivity contribution is -0.144. The summed E-state index contributed by atoms with van der Waals surface area (Å²) in [7, 11) is 0. The lowest BCUT2D eigenvalue weighted by Crippen LogP contribution is -2.39. The van der Waals surface area contributed by atoms with E-state index in [0.717, 1.165) is 5.56 Å². The van der Waals surface area contributed by atoms with Gasteiger partial charge in [-0.2, -0.15) is 0 Å². The second-order valence-electron chi connectivity index (χ2n) is 6.30. The molecule has 0 saturated carbocycles. The highest BCUT2D eigenvalue weighted by Crippen LogP contribution is 2.09. The fraction of sp³-hybridized carbons (Fsp3) is 0.333. The molecule has 0 spiro atoms. The number of amides is 1. The fourth-order valence-corrected chi connectivity index (χ4v) is 2.60. The Hall–Kier alpha value is -2.73. The molecule has 0 aliphatic heterocycles. The summed E-state index contributed by atoms with van der Waals surface area (Å²) in [5.74, 6) is -0.909. The molecule has 0 atom stereocenters. The first-order chi connectivity index (χ1) is 13.0.